The number of rotatable bonds is 4. The predicted molar refractivity (Wildman–Crippen MR) is 51.9 cm³/mol. The van der Waals surface area contributed by atoms with Crippen LogP contribution in [0.2, 0.25) is 0 Å². The summed E-state index contributed by atoms with van der Waals surface area (Å²) < 4.78 is 5.37. The van der Waals surface area contributed by atoms with Gasteiger partial charge in [-0.05, 0) is 6.92 Å². The molecule has 1 saturated heterocycles. The lowest BCUT2D eigenvalue weighted by Crippen LogP contribution is -2.42. The minimum absolute atomic E-state index is 0.0299. The summed E-state index contributed by atoms with van der Waals surface area (Å²) in [4.78, 5) is 11.3. The molecule has 1 aliphatic heterocycles. The lowest BCUT2D eigenvalue weighted by molar-refractivity contribution is -0.124. The van der Waals surface area contributed by atoms with Crippen molar-refractivity contribution in [2.24, 2.45) is 0 Å². The third kappa shape index (κ3) is 4.55. The predicted octanol–water partition coefficient (Wildman–Crippen LogP) is -1.14. The molecule has 0 aromatic rings. The quantitative estimate of drug-likeness (QED) is 0.539. The molecule has 0 radical (unpaired) electrons. The number of amides is 1. The first kappa shape index (κ1) is 11.4. The van der Waals surface area contributed by atoms with E-state index in [1.165, 1.54) is 0 Å². The minimum Gasteiger partial charge on any atom is -0.392 e. The SMILES string of the molecule is C[C@@H](O)CNC(=O)CC1CNCCO1. The van der Waals surface area contributed by atoms with Crippen molar-refractivity contribution < 1.29 is 14.6 Å². The highest BCUT2D eigenvalue weighted by Crippen LogP contribution is 2.00. The molecule has 82 valence electrons. The Labute approximate surface area is 83.8 Å². The van der Waals surface area contributed by atoms with Gasteiger partial charge in [0.1, 0.15) is 0 Å². The fourth-order valence-electron chi connectivity index (χ4n) is 1.29. The van der Waals surface area contributed by atoms with E-state index < -0.39 is 6.10 Å². The van der Waals surface area contributed by atoms with Crippen LogP contribution in [0.5, 0.6) is 0 Å². The Morgan fingerprint density at radius 1 is 1.79 bits per heavy atom. The van der Waals surface area contributed by atoms with Crippen LogP contribution < -0.4 is 10.6 Å². The molecular weight excluding hydrogens is 184 g/mol. The van der Waals surface area contributed by atoms with E-state index in [0.29, 0.717) is 19.6 Å². The molecule has 2 atom stereocenters. The number of aliphatic hydroxyl groups is 1. The van der Waals surface area contributed by atoms with Crippen LogP contribution in [0.1, 0.15) is 13.3 Å². The standard InChI is InChI=1S/C9H18N2O3/c1-7(12)5-11-9(13)4-8-6-10-2-3-14-8/h7-8,10,12H,2-6H2,1H3,(H,11,13)/t7-,8?/m1/s1. The van der Waals surface area contributed by atoms with E-state index in [0.717, 1.165) is 13.1 Å². The van der Waals surface area contributed by atoms with Gasteiger partial charge >= 0.3 is 0 Å². The van der Waals surface area contributed by atoms with Crippen LogP contribution in [-0.2, 0) is 9.53 Å². The Morgan fingerprint density at radius 2 is 2.57 bits per heavy atom. The van der Waals surface area contributed by atoms with E-state index in [4.69, 9.17) is 9.84 Å². The third-order valence-corrected chi connectivity index (χ3v) is 2.01. The van der Waals surface area contributed by atoms with Crippen LogP contribution in [0.25, 0.3) is 0 Å². The van der Waals surface area contributed by atoms with Crippen molar-refractivity contribution >= 4 is 5.91 Å². The summed E-state index contributed by atoms with van der Waals surface area (Å²) >= 11 is 0. The van der Waals surface area contributed by atoms with Gasteiger partial charge in [-0.1, -0.05) is 0 Å². The smallest absolute Gasteiger partial charge is 0.222 e. The molecule has 3 N–H and O–H groups in total. The Morgan fingerprint density at radius 3 is 3.14 bits per heavy atom. The Hall–Kier alpha value is -0.650. The zero-order chi connectivity index (χ0) is 10.4. The first-order chi connectivity index (χ1) is 6.68. The van der Waals surface area contributed by atoms with Crippen LogP contribution in [0.3, 0.4) is 0 Å². The third-order valence-electron chi connectivity index (χ3n) is 2.01. The van der Waals surface area contributed by atoms with Crippen molar-refractivity contribution in [1.82, 2.24) is 10.6 Å². The molecule has 0 bridgehead atoms. The molecule has 1 heterocycles. The monoisotopic (exact) mass is 202 g/mol. The van der Waals surface area contributed by atoms with Gasteiger partial charge in [0, 0.05) is 19.6 Å². The van der Waals surface area contributed by atoms with Crippen molar-refractivity contribution in [2.45, 2.75) is 25.6 Å². The number of nitrogens with one attached hydrogen (secondary N) is 2. The van der Waals surface area contributed by atoms with Crippen molar-refractivity contribution in [3.8, 4) is 0 Å². The maximum Gasteiger partial charge on any atom is 0.222 e. The van der Waals surface area contributed by atoms with Crippen LogP contribution in [0, 0.1) is 0 Å². The molecule has 5 heteroatoms. The molecule has 0 aromatic carbocycles. The first-order valence-corrected chi connectivity index (χ1v) is 4.95. The summed E-state index contributed by atoms with van der Waals surface area (Å²) in [5, 5.41) is 14.7. The fourth-order valence-corrected chi connectivity index (χ4v) is 1.29. The van der Waals surface area contributed by atoms with Gasteiger partial charge < -0.3 is 20.5 Å². The average molecular weight is 202 g/mol. The molecule has 1 rings (SSSR count). The summed E-state index contributed by atoms with van der Waals surface area (Å²) in [6.07, 6.45) is -0.165. The summed E-state index contributed by atoms with van der Waals surface area (Å²) in [5.41, 5.74) is 0. The van der Waals surface area contributed by atoms with Crippen molar-refractivity contribution in [3.05, 3.63) is 0 Å². The number of carbonyl (C=O) groups is 1. The Kier molecular flexibility index (Phi) is 4.86. The highest BCUT2D eigenvalue weighted by Gasteiger charge is 2.16. The molecule has 0 spiro atoms. The van der Waals surface area contributed by atoms with Gasteiger partial charge in [0.05, 0.1) is 25.2 Å². The van der Waals surface area contributed by atoms with E-state index >= 15 is 0 Å². The van der Waals surface area contributed by atoms with Crippen LogP contribution in [0.4, 0.5) is 0 Å². The highest BCUT2D eigenvalue weighted by atomic mass is 16.5. The second-order valence-electron chi connectivity index (χ2n) is 3.55. The highest BCUT2D eigenvalue weighted by molar-refractivity contribution is 5.76. The van der Waals surface area contributed by atoms with Gasteiger partial charge in [-0.25, -0.2) is 0 Å². The number of carbonyl (C=O) groups excluding carboxylic acids is 1. The van der Waals surface area contributed by atoms with E-state index in [9.17, 15) is 4.79 Å². The summed E-state index contributed by atoms with van der Waals surface area (Å²) in [6, 6.07) is 0. The lowest BCUT2D eigenvalue weighted by Gasteiger charge is -2.23. The fraction of sp³-hybridized carbons (Fsp3) is 0.889. The van der Waals surface area contributed by atoms with Crippen LogP contribution in [-0.4, -0.2) is 49.5 Å². The second-order valence-corrected chi connectivity index (χ2v) is 3.55. The molecule has 0 aromatic heterocycles. The van der Waals surface area contributed by atoms with Crippen LogP contribution >= 0.6 is 0 Å². The van der Waals surface area contributed by atoms with Crippen molar-refractivity contribution in [1.29, 1.82) is 0 Å². The van der Waals surface area contributed by atoms with Gasteiger partial charge in [-0.3, -0.25) is 4.79 Å². The second kappa shape index (κ2) is 5.95. The van der Waals surface area contributed by atoms with E-state index in [-0.39, 0.29) is 12.0 Å². The molecule has 0 aliphatic carbocycles. The average Bonchev–Trinajstić information content (AvgIpc) is 2.16. The zero-order valence-corrected chi connectivity index (χ0v) is 8.45. The zero-order valence-electron chi connectivity index (χ0n) is 8.45. The van der Waals surface area contributed by atoms with Crippen LogP contribution in [0.15, 0.2) is 0 Å². The van der Waals surface area contributed by atoms with E-state index in [1.807, 2.05) is 0 Å². The normalized spacial score (nSPS) is 24.3. The molecule has 14 heavy (non-hydrogen) atoms. The van der Waals surface area contributed by atoms with E-state index in [2.05, 4.69) is 10.6 Å². The molecule has 1 amide bonds. The molecule has 1 unspecified atom stereocenters. The van der Waals surface area contributed by atoms with Gasteiger partial charge in [-0.15, -0.1) is 0 Å². The summed E-state index contributed by atoms with van der Waals surface area (Å²) in [7, 11) is 0. The summed E-state index contributed by atoms with van der Waals surface area (Å²) in [6.45, 7) is 4.18. The van der Waals surface area contributed by atoms with Gasteiger partial charge in [0.15, 0.2) is 0 Å². The molecule has 1 fully saturated rings. The first-order valence-electron chi connectivity index (χ1n) is 4.95. The number of hydrogen-bond acceptors (Lipinski definition) is 4. The maximum absolute atomic E-state index is 11.3. The Balaban J connectivity index is 2.12. The number of hydrogen-bond donors (Lipinski definition) is 3. The largest absolute Gasteiger partial charge is 0.392 e. The number of ether oxygens (including phenoxy) is 1. The maximum atomic E-state index is 11.3. The molecule has 0 saturated carbocycles. The van der Waals surface area contributed by atoms with Gasteiger partial charge in [0.2, 0.25) is 5.91 Å². The van der Waals surface area contributed by atoms with Gasteiger partial charge in [-0.2, -0.15) is 0 Å². The van der Waals surface area contributed by atoms with Gasteiger partial charge in [0.25, 0.3) is 0 Å². The topological polar surface area (TPSA) is 70.6 Å². The number of aliphatic hydroxyl groups excluding tert-OH is 1. The minimum atomic E-state index is -0.496. The molecule has 5 nitrogen and oxygen atoms in total. The number of morpholine rings is 1. The van der Waals surface area contributed by atoms with Crippen molar-refractivity contribution in [3.63, 3.8) is 0 Å². The van der Waals surface area contributed by atoms with E-state index in [1.54, 1.807) is 6.92 Å². The Bertz CT molecular complexity index is 179. The molecule has 1 aliphatic rings. The molecular formula is C9H18N2O3. The summed E-state index contributed by atoms with van der Waals surface area (Å²) in [5.74, 6) is -0.0698. The lowest BCUT2D eigenvalue weighted by atomic mass is 10.2. The van der Waals surface area contributed by atoms with Crippen molar-refractivity contribution in [2.75, 3.05) is 26.2 Å².